The lowest BCUT2D eigenvalue weighted by Crippen LogP contribution is -2.10. The quantitative estimate of drug-likeness (QED) is 0.202. The van der Waals surface area contributed by atoms with Crippen molar-refractivity contribution in [3.8, 4) is 22.6 Å². The van der Waals surface area contributed by atoms with Crippen LogP contribution in [0, 0.1) is 0 Å². The summed E-state index contributed by atoms with van der Waals surface area (Å²) in [6, 6.07) is 26.6. The first-order valence-electron chi connectivity index (χ1n) is 14.2. The van der Waals surface area contributed by atoms with Crippen molar-refractivity contribution in [3.05, 3.63) is 113 Å². The van der Waals surface area contributed by atoms with Crippen LogP contribution in [0.25, 0.3) is 27.5 Å². The normalized spacial score (nSPS) is 15.4. The molecule has 38 heavy (non-hydrogen) atoms. The van der Waals surface area contributed by atoms with Crippen LogP contribution < -0.4 is 9.47 Å². The molecule has 1 unspecified atom stereocenters. The van der Waals surface area contributed by atoms with Gasteiger partial charge in [-0.1, -0.05) is 93.4 Å². The van der Waals surface area contributed by atoms with Crippen LogP contribution in [0.5, 0.6) is 11.5 Å². The lowest BCUT2D eigenvalue weighted by molar-refractivity contribution is 0.309. The van der Waals surface area contributed by atoms with Crippen LogP contribution in [0.3, 0.4) is 0 Å². The van der Waals surface area contributed by atoms with Gasteiger partial charge in [0.15, 0.2) is 0 Å². The average Bonchev–Trinajstić information content (AvgIpc) is 2.97. The second-order valence-corrected chi connectivity index (χ2v) is 10.4. The lowest BCUT2D eigenvalue weighted by atomic mass is 9.75. The van der Waals surface area contributed by atoms with Crippen molar-refractivity contribution < 1.29 is 9.47 Å². The summed E-state index contributed by atoms with van der Waals surface area (Å²) in [6.45, 7) is 5.94. The van der Waals surface area contributed by atoms with Crippen molar-refractivity contribution in [1.82, 2.24) is 0 Å². The SMILES string of the molecule is CCCCOc1ccc(-c2ccc3ccc4c5c3c2CC=C5C=CC4c2ccc(OCCCC)cc2)cc1. The van der Waals surface area contributed by atoms with E-state index in [2.05, 4.69) is 105 Å². The van der Waals surface area contributed by atoms with E-state index in [0.29, 0.717) is 0 Å². The second-order valence-electron chi connectivity index (χ2n) is 10.4. The predicted molar refractivity (Wildman–Crippen MR) is 159 cm³/mol. The van der Waals surface area contributed by atoms with E-state index in [1.54, 1.807) is 0 Å². The molecule has 0 bridgehead atoms. The van der Waals surface area contributed by atoms with E-state index in [-0.39, 0.29) is 5.92 Å². The Labute approximate surface area is 226 Å². The van der Waals surface area contributed by atoms with E-state index >= 15 is 0 Å². The maximum absolute atomic E-state index is 5.91. The largest absolute Gasteiger partial charge is 0.494 e. The van der Waals surface area contributed by atoms with Crippen molar-refractivity contribution in [2.45, 2.75) is 51.9 Å². The van der Waals surface area contributed by atoms with Gasteiger partial charge < -0.3 is 9.47 Å². The van der Waals surface area contributed by atoms with Gasteiger partial charge in [0.25, 0.3) is 0 Å². The number of allylic oxidation sites excluding steroid dienone is 4. The molecular formula is C36H36O2. The lowest BCUT2D eigenvalue weighted by Gasteiger charge is -2.29. The van der Waals surface area contributed by atoms with Crippen molar-refractivity contribution in [3.63, 3.8) is 0 Å². The molecule has 0 aliphatic heterocycles. The van der Waals surface area contributed by atoms with Crippen LogP contribution in [-0.4, -0.2) is 13.2 Å². The molecule has 0 aromatic heterocycles. The Balaban J connectivity index is 1.36. The smallest absolute Gasteiger partial charge is 0.119 e. The minimum atomic E-state index is 0.241. The maximum Gasteiger partial charge on any atom is 0.119 e. The van der Waals surface area contributed by atoms with Gasteiger partial charge in [0.1, 0.15) is 11.5 Å². The zero-order valence-electron chi connectivity index (χ0n) is 22.5. The van der Waals surface area contributed by atoms with Crippen LogP contribution in [0.2, 0.25) is 0 Å². The molecule has 0 N–H and O–H groups in total. The number of benzene rings is 4. The van der Waals surface area contributed by atoms with Crippen LogP contribution in [0.15, 0.2) is 91.0 Å². The molecule has 4 aromatic carbocycles. The highest BCUT2D eigenvalue weighted by Crippen LogP contribution is 2.46. The van der Waals surface area contributed by atoms with Crippen molar-refractivity contribution in [1.29, 1.82) is 0 Å². The summed E-state index contributed by atoms with van der Waals surface area (Å²) in [7, 11) is 0. The molecule has 0 saturated carbocycles. The summed E-state index contributed by atoms with van der Waals surface area (Å²) in [5.41, 5.74) is 9.45. The first-order valence-corrected chi connectivity index (χ1v) is 14.2. The third-order valence-electron chi connectivity index (χ3n) is 7.88. The first-order chi connectivity index (χ1) is 18.8. The van der Waals surface area contributed by atoms with Crippen LogP contribution in [0.1, 0.15) is 67.7 Å². The van der Waals surface area contributed by atoms with Crippen molar-refractivity contribution >= 4 is 16.3 Å². The topological polar surface area (TPSA) is 18.5 Å². The molecule has 2 heteroatoms. The first kappa shape index (κ1) is 24.6. The van der Waals surface area contributed by atoms with Crippen LogP contribution in [0.4, 0.5) is 0 Å². The molecular weight excluding hydrogens is 464 g/mol. The highest BCUT2D eigenvalue weighted by atomic mass is 16.5. The molecule has 0 fully saturated rings. The molecule has 192 valence electrons. The molecule has 0 amide bonds. The minimum Gasteiger partial charge on any atom is -0.494 e. The fourth-order valence-electron chi connectivity index (χ4n) is 5.79. The zero-order valence-corrected chi connectivity index (χ0v) is 22.5. The summed E-state index contributed by atoms with van der Waals surface area (Å²) in [5.74, 6) is 2.15. The monoisotopic (exact) mass is 500 g/mol. The van der Waals surface area contributed by atoms with Gasteiger partial charge in [-0.3, -0.25) is 0 Å². The summed E-state index contributed by atoms with van der Waals surface area (Å²) in [6.07, 6.45) is 12.5. The van der Waals surface area contributed by atoms with E-state index in [1.165, 1.54) is 49.7 Å². The third kappa shape index (κ3) is 4.65. The van der Waals surface area contributed by atoms with Crippen LogP contribution in [-0.2, 0) is 6.42 Å². The molecule has 6 rings (SSSR count). The van der Waals surface area contributed by atoms with Gasteiger partial charge in [-0.05, 0) is 93.3 Å². The Hall–Kier alpha value is -3.78. The van der Waals surface area contributed by atoms with E-state index in [9.17, 15) is 0 Å². The van der Waals surface area contributed by atoms with Gasteiger partial charge in [-0.15, -0.1) is 0 Å². The summed E-state index contributed by atoms with van der Waals surface area (Å²) in [5, 5.41) is 2.73. The van der Waals surface area contributed by atoms with Gasteiger partial charge in [0.05, 0.1) is 13.2 Å². The molecule has 2 aliphatic rings. The average molecular weight is 501 g/mol. The Kier molecular flexibility index (Phi) is 7.05. The maximum atomic E-state index is 5.91. The summed E-state index contributed by atoms with van der Waals surface area (Å²) < 4.78 is 11.8. The fraction of sp³-hybridized carbons (Fsp3) is 0.278. The van der Waals surface area contributed by atoms with E-state index in [0.717, 1.165) is 56.8 Å². The second kappa shape index (κ2) is 10.9. The van der Waals surface area contributed by atoms with Gasteiger partial charge in [-0.2, -0.15) is 0 Å². The summed E-state index contributed by atoms with van der Waals surface area (Å²) in [4.78, 5) is 0. The molecule has 0 radical (unpaired) electrons. The van der Waals surface area contributed by atoms with E-state index in [4.69, 9.17) is 9.47 Å². The Morgan fingerprint density at radius 1 is 0.737 bits per heavy atom. The summed E-state index contributed by atoms with van der Waals surface area (Å²) >= 11 is 0. The Morgan fingerprint density at radius 2 is 1.39 bits per heavy atom. The molecule has 4 aromatic rings. The number of unbranched alkanes of at least 4 members (excludes halogenated alkanes) is 2. The van der Waals surface area contributed by atoms with Gasteiger partial charge in [-0.25, -0.2) is 0 Å². The number of ether oxygens (including phenoxy) is 2. The molecule has 0 saturated heterocycles. The molecule has 0 spiro atoms. The number of hydrogen-bond acceptors (Lipinski definition) is 2. The van der Waals surface area contributed by atoms with Crippen LogP contribution >= 0.6 is 0 Å². The van der Waals surface area contributed by atoms with E-state index in [1.807, 2.05) is 0 Å². The van der Waals surface area contributed by atoms with Gasteiger partial charge in [0.2, 0.25) is 0 Å². The standard InChI is InChI=1S/C36H36O2/c1-3-5-23-37-29-15-7-25(8-16-29)31-19-11-27-14-22-34-32(20-12-28-13-21-33(31)35(27)36(28)34)26-9-17-30(18-10-26)38-24-6-4-2/h7-21,31H,3-6,22-24H2,1-2H3. The Bertz CT molecular complexity index is 1490. The molecule has 1 atom stereocenters. The molecule has 2 nitrogen and oxygen atoms in total. The van der Waals surface area contributed by atoms with Crippen molar-refractivity contribution in [2.24, 2.45) is 0 Å². The minimum absolute atomic E-state index is 0.241. The highest BCUT2D eigenvalue weighted by Gasteiger charge is 2.26. The van der Waals surface area contributed by atoms with E-state index < -0.39 is 0 Å². The third-order valence-corrected chi connectivity index (χ3v) is 7.88. The number of rotatable bonds is 10. The zero-order chi connectivity index (χ0) is 25.9. The molecule has 2 aliphatic carbocycles. The Morgan fingerprint density at radius 3 is 2.08 bits per heavy atom. The molecule has 0 heterocycles. The number of hydrogen-bond donors (Lipinski definition) is 0. The highest BCUT2D eigenvalue weighted by molar-refractivity contribution is 6.05. The van der Waals surface area contributed by atoms with Crippen molar-refractivity contribution in [2.75, 3.05) is 13.2 Å². The predicted octanol–water partition coefficient (Wildman–Crippen LogP) is 9.51. The fourth-order valence-corrected chi connectivity index (χ4v) is 5.79. The van der Waals surface area contributed by atoms with Gasteiger partial charge in [0, 0.05) is 5.92 Å². The van der Waals surface area contributed by atoms with Gasteiger partial charge >= 0.3 is 0 Å².